The number of hydrogen-bond donors (Lipinski definition) is 3. The second kappa shape index (κ2) is 8.22. The minimum atomic E-state index is -0.899. The second-order valence-electron chi connectivity index (χ2n) is 6.82. The first kappa shape index (κ1) is 17.8. The molecule has 1 unspecified atom stereocenters. The molecule has 1 atom stereocenters. The average molecular weight is 299 g/mol. The molecule has 0 aromatic heterocycles. The summed E-state index contributed by atoms with van der Waals surface area (Å²) in [5, 5.41) is 14.5. The number of carbonyl (C=O) groups is 2. The summed E-state index contributed by atoms with van der Waals surface area (Å²) in [5.41, 5.74) is -0.289. The number of carbonyl (C=O) groups excluding carboxylic acids is 1. The number of urea groups is 1. The van der Waals surface area contributed by atoms with E-state index < -0.39 is 5.97 Å². The Balaban J connectivity index is 2.30. The number of hydrogen-bond acceptors (Lipinski definition) is 3. The van der Waals surface area contributed by atoms with Crippen LogP contribution < -0.4 is 10.6 Å². The molecule has 2 amide bonds. The quantitative estimate of drug-likeness (QED) is 0.696. The third kappa shape index (κ3) is 7.32. The topological polar surface area (TPSA) is 81.7 Å². The summed E-state index contributed by atoms with van der Waals surface area (Å²) in [5.74, 6) is -0.899. The standard InChI is InChI=1S/C15H29N3O3/c1-15(2,3)12(11-13(19)20)17-14(21)16-7-10-18-8-5-4-6-9-18/h12H,4-11H2,1-3H3,(H,19,20)(H2,16,17,21). The van der Waals surface area contributed by atoms with Crippen molar-refractivity contribution in [2.24, 2.45) is 5.41 Å². The zero-order chi connectivity index (χ0) is 15.9. The molecule has 1 aliphatic rings. The van der Waals surface area contributed by atoms with Crippen molar-refractivity contribution in [1.82, 2.24) is 15.5 Å². The predicted molar refractivity (Wildman–Crippen MR) is 82.3 cm³/mol. The minimum Gasteiger partial charge on any atom is -0.481 e. The van der Waals surface area contributed by atoms with Gasteiger partial charge in [0.25, 0.3) is 0 Å². The van der Waals surface area contributed by atoms with Crippen molar-refractivity contribution in [2.75, 3.05) is 26.2 Å². The van der Waals surface area contributed by atoms with E-state index in [9.17, 15) is 9.59 Å². The summed E-state index contributed by atoms with van der Waals surface area (Å²) in [6.45, 7) is 9.43. The molecule has 0 aliphatic carbocycles. The molecule has 1 rings (SSSR count). The van der Waals surface area contributed by atoms with E-state index in [0.717, 1.165) is 19.6 Å². The van der Waals surface area contributed by atoms with Crippen molar-refractivity contribution < 1.29 is 14.7 Å². The van der Waals surface area contributed by atoms with Crippen molar-refractivity contribution in [3.63, 3.8) is 0 Å². The van der Waals surface area contributed by atoms with Crippen LogP contribution >= 0.6 is 0 Å². The molecule has 0 saturated carbocycles. The van der Waals surface area contributed by atoms with Gasteiger partial charge < -0.3 is 20.6 Å². The largest absolute Gasteiger partial charge is 0.481 e. The number of carboxylic acid groups (broad SMARTS) is 1. The Bertz CT molecular complexity index is 347. The van der Waals surface area contributed by atoms with Crippen molar-refractivity contribution in [1.29, 1.82) is 0 Å². The molecule has 21 heavy (non-hydrogen) atoms. The third-order valence-corrected chi connectivity index (χ3v) is 3.89. The van der Waals surface area contributed by atoms with Crippen LogP contribution in [-0.2, 0) is 4.79 Å². The van der Waals surface area contributed by atoms with E-state index in [1.165, 1.54) is 19.3 Å². The fourth-order valence-electron chi connectivity index (χ4n) is 2.47. The predicted octanol–water partition coefficient (Wildman–Crippen LogP) is 1.66. The number of likely N-dealkylation sites (tertiary alicyclic amines) is 1. The van der Waals surface area contributed by atoms with Gasteiger partial charge in [-0.05, 0) is 31.3 Å². The molecule has 3 N–H and O–H groups in total. The highest BCUT2D eigenvalue weighted by Gasteiger charge is 2.28. The maximum atomic E-state index is 11.9. The van der Waals surface area contributed by atoms with E-state index in [4.69, 9.17) is 5.11 Å². The lowest BCUT2D eigenvalue weighted by atomic mass is 9.85. The van der Waals surface area contributed by atoms with Gasteiger partial charge in [0.15, 0.2) is 0 Å². The summed E-state index contributed by atoms with van der Waals surface area (Å²) in [4.78, 5) is 25.1. The van der Waals surface area contributed by atoms with Gasteiger partial charge in [-0.2, -0.15) is 0 Å². The molecule has 0 bridgehead atoms. The van der Waals surface area contributed by atoms with Crippen LogP contribution in [0.1, 0.15) is 46.5 Å². The van der Waals surface area contributed by atoms with Crippen molar-refractivity contribution in [3.05, 3.63) is 0 Å². The average Bonchev–Trinajstić information content (AvgIpc) is 2.37. The molecule has 1 fully saturated rings. The Morgan fingerprint density at radius 1 is 1.19 bits per heavy atom. The van der Waals surface area contributed by atoms with Crippen LogP contribution in [0.4, 0.5) is 4.79 Å². The normalized spacial score (nSPS) is 18.0. The molecule has 1 aliphatic heterocycles. The first-order valence-corrected chi connectivity index (χ1v) is 7.77. The van der Waals surface area contributed by atoms with Crippen LogP contribution in [0.15, 0.2) is 0 Å². The first-order chi connectivity index (χ1) is 9.79. The van der Waals surface area contributed by atoms with Gasteiger partial charge in [-0.3, -0.25) is 4.79 Å². The van der Waals surface area contributed by atoms with Crippen LogP contribution in [0.2, 0.25) is 0 Å². The molecule has 0 aromatic carbocycles. The maximum Gasteiger partial charge on any atom is 0.315 e. The van der Waals surface area contributed by atoms with Gasteiger partial charge in [-0.15, -0.1) is 0 Å². The number of nitrogens with zero attached hydrogens (tertiary/aromatic N) is 1. The minimum absolute atomic E-state index is 0.0664. The highest BCUT2D eigenvalue weighted by molar-refractivity contribution is 5.75. The maximum absolute atomic E-state index is 11.9. The molecule has 1 saturated heterocycles. The Hall–Kier alpha value is -1.30. The van der Waals surface area contributed by atoms with Crippen molar-refractivity contribution in [3.8, 4) is 0 Å². The molecule has 1 heterocycles. The summed E-state index contributed by atoms with van der Waals surface area (Å²) in [6.07, 6.45) is 3.70. The Morgan fingerprint density at radius 3 is 2.33 bits per heavy atom. The number of carboxylic acids is 1. The molecule has 0 spiro atoms. The SMILES string of the molecule is CC(C)(C)C(CC(=O)O)NC(=O)NCCN1CCCCC1. The molecule has 0 aromatic rings. The van der Waals surface area contributed by atoms with Crippen LogP contribution in [-0.4, -0.2) is 54.2 Å². The smallest absolute Gasteiger partial charge is 0.315 e. The summed E-state index contributed by atoms with van der Waals surface area (Å²) in [6, 6.07) is -0.668. The van der Waals surface area contributed by atoms with Crippen LogP contribution in [0.5, 0.6) is 0 Å². The fourth-order valence-corrected chi connectivity index (χ4v) is 2.47. The van der Waals surface area contributed by atoms with Gasteiger partial charge in [-0.25, -0.2) is 4.79 Å². The van der Waals surface area contributed by atoms with Crippen LogP contribution in [0, 0.1) is 5.41 Å². The lowest BCUT2D eigenvalue weighted by Crippen LogP contribution is -2.50. The van der Waals surface area contributed by atoms with Gasteiger partial charge >= 0.3 is 12.0 Å². The van der Waals surface area contributed by atoms with E-state index in [2.05, 4.69) is 15.5 Å². The molecule has 0 radical (unpaired) electrons. The highest BCUT2D eigenvalue weighted by atomic mass is 16.4. The second-order valence-corrected chi connectivity index (χ2v) is 6.82. The molecular formula is C15H29N3O3. The van der Waals surface area contributed by atoms with Gasteiger partial charge in [0.2, 0.25) is 0 Å². The van der Waals surface area contributed by atoms with Gasteiger partial charge in [-0.1, -0.05) is 27.2 Å². The third-order valence-electron chi connectivity index (χ3n) is 3.89. The van der Waals surface area contributed by atoms with Gasteiger partial charge in [0.05, 0.1) is 6.42 Å². The van der Waals surface area contributed by atoms with Gasteiger partial charge in [0.1, 0.15) is 0 Å². The lowest BCUT2D eigenvalue weighted by Gasteiger charge is -2.30. The van der Waals surface area contributed by atoms with E-state index in [1.54, 1.807) is 0 Å². The van der Waals surface area contributed by atoms with E-state index >= 15 is 0 Å². The summed E-state index contributed by atoms with van der Waals surface area (Å²) in [7, 11) is 0. The van der Waals surface area contributed by atoms with E-state index in [-0.39, 0.29) is 23.9 Å². The van der Waals surface area contributed by atoms with Crippen molar-refractivity contribution in [2.45, 2.75) is 52.5 Å². The molecule has 6 heteroatoms. The van der Waals surface area contributed by atoms with Crippen LogP contribution in [0.3, 0.4) is 0 Å². The zero-order valence-corrected chi connectivity index (χ0v) is 13.4. The van der Waals surface area contributed by atoms with Crippen LogP contribution in [0.25, 0.3) is 0 Å². The number of nitrogens with one attached hydrogen (secondary N) is 2. The number of piperidine rings is 1. The van der Waals surface area contributed by atoms with E-state index in [0.29, 0.717) is 6.54 Å². The first-order valence-electron chi connectivity index (χ1n) is 7.77. The van der Waals surface area contributed by atoms with Gasteiger partial charge in [0, 0.05) is 19.1 Å². The Labute approximate surface area is 127 Å². The molecule has 6 nitrogen and oxygen atoms in total. The zero-order valence-electron chi connectivity index (χ0n) is 13.4. The lowest BCUT2D eigenvalue weighted by molar-refractivity contribution is -0.138. The number of rotatable bonds is 6. The number of amides is 2. The highest BCUT2D eigenvalue weighted by Crippen LogP contribution is 2.21. The number of aliphatic carboxylic acids is 1. The summed E-state index contributed by atoms with van der Waals surface area (Å²) < 4.78 is 0. The van der Waals surface area contributed by atoms with E-state index in [1.807, 2.05) is 20.8 Å². The summed E-state index contributed by atoms with van der Waals surface area (Å²) >= 11 is 0. The molecule has 122 valence electrons. The Morgan fingerprint density at radius 2 is 1.81 bits per heavy atom. The van der Waals surface area contributed by atoms with Crippen molar-refractivity contribution >= 4 is 12.0 Å². The molecular weight excluding hydrogens is 270 g/mol. The monoisotopic (exact) mass is 299 g/mol. The Kier molecular flexibility index (Phi) is 6.95. The fraction of sp³-hybridized carbons (Fsp3) is 0.867.